The van der Waals surface area contributed by atoms with Crippen molar-refractivity contribution in [1.29, 1.82) is 0 Å². The van der Waals surface area contributed by atoms with Gasteiger partial charge in [-0.25, -0.2) is 0 Å². The molecule has 2 heteroatoms. The molecule has 0 aromatic heterocycles. The summed E-state index contributed by atoms with van der Waals surface area (Å²) in [6.07, 6.45) is 2.58. The molecule has 2 rings (SSSR count). The molecule has 1 saturated carbocycles. The molecular formula is C17H26BrN. The maximum absolute atomic E-state index is 3.74. The van der Waals surface area contributed by atoms with Gasteiger partial charge in [-0.05, 0) is 47.8 Å². The summed E-state index contributed by atoms with van der Waals surface area (Å²) < 4.78 is 1.17. The molecule has 1 aliphatic carbocycles. The number of hydrogen-bond donors (Lipinski definition) is 1. The fraction of sp³-hybridized carbons (Fsp3) is 0.647. The standard InChI is InChI=1S/C17H26BrN/c1-12(2)17(3,4)11-19-16-9-14(10-16)13-5-7-15(18)8-6-13/h5-8,12,14,16,19H,9-11H2,1-4H3. The molecule has 0 unspecified atom stereocenters. The van der Waals surface area contributed by atoms with Crippen LogP contribution < -0.4 is 5.32 Å². The van der Waals surface area contributed by atoms with Crippen LogP contribution in [0.1, 0.15) is 52.0 Å². The second-order valence-corrected chi connectivity index (χ2v) is 7.86. The molecule has 0 bridgehead atoms. The number of halogens is 1. The fourth-order valence-corrected chi connectivity index (χ4v) is 2.67. The maximum Gasteiger partial charge on any atom is 0.0175 e. The molecule has 1 N–H and O–H groups in total. The third-order valence-corrected chi connectivity index (χ3v) is 5.42. The van der Waals surface area contributed by atoms with Crippen molar-refractivity contribution in [3.63, 3.8) is 0 Å². The third kappa shape index (κ3) is 3.82. The first-order chi connectivity index (χ1) is 8.88. The van der Waals surface area contributed by atoms with E-state index >= 15 is 0 Å². The van der Waals surface area contributed by atoms with Crippen LogP contribution in [-0.4, -0.2) is 12.6 Å². The Morgan fingerprint density at radius 2 is 1.79 bits per heavy atom. The van der Waals surface area contributed by atoms with Crippen molar-refractivity contribution in [3.8, 4) is 0 Å². The Morgan fingerprint density at radius 1 is 1.21 bits per heavy atom. The topological polar surface area (TPSA) is 12.0 Å². The number of benzene rings is 1. The van der Waals surface area contributed by atoms with Crippen molar-refractivity contribution < 1.29 is 0 Å². The molecule has 0 spiro atoms. The van der Waals surface area contributed by atoms with E-state index in [2.05, 4.69) is 73.2 Å². The van der Waals surface area contributed by atoms with Crippen LogP contribution in [0, 0.1) is 11.3 Å². The van der Waals surface area contributed by atoms with Crippen molar-refractivity contribution in [2.75, 3.05) is 6.54 Å². The first kappa shape index (κ1) is 15.1. The summed E-state index contributed by atoms with van der Waals surface area (Å²) in [5, 5.41) is 3.74. The number of hydrogen-bond acceptors (Lipinski definition) is 1. The molecule has 0 atom stereocenters. The van der Waals surface area contributed by atoms with Gasteiger partial charge in [0.05, 0.1) is 0 Å². The van der Waals surface area contributed by atoms with Gasteiger partial charge in [0, 0.05) is 17.1 Å². The predicted molar refractivity (Wildman–Crippen MR) is 86.5 cm³/mol. The van der Waals surface area contributed by atoms with Crippen molar-refractivity contribution in [1.82, 2.24) is 5.32 Å². The van der Waals surface area contributed by atoms with E-state index in [1.165, 1.54) is 22.9 Å². The molecule has 106 valence electrons. The lowest BCUT2D eigenvalue weighted by molar-refractivity contribution is 0.197. The van der Waals surface area contributed by atoms with Crippen LogP contribution in [0.15, 0.2) is 28.7 Å². The molecule has 0 aliphatic heterocycles. The van der Waals surface area contributed by atoms with Gasteiger partial charge in [0.1, 0.15) is 0 Å². The van der Waals surface area contributed by atoms with Crippen LogP contribution in [0.4, 0.5) is 0 Å². The van der Waals surface area contributed by atoms with Gasteiger partial charge in [-0.2, -0.15) is 0 Å². The van der Waals surface area contributed by atoms with Gasteiger partial charge in [0.25, 0.3) is 0 Å². The van der Waals surface area contributed by atoms with E-state index < -0.39 is 0 Å². The molecule has 1 fully saturated rings. The van der Waals surface area contributed by atoms with E-state index in [-0.39, 0.29) is 0 Å². The Bertz CT molecular complexity index is 402. The first-order valence-corrected chi connectivity index (χ1v) is 8.16. The molecule has 1 nitrogen and oxygen atoms in total. The van der Waals surface area contributed by atoms with Crippen molar-refractivity contribution in [2.45, 2.75) is 52.5 Å². The van der Waals surface area contributed by atoms with Gasteiger partial charge in [0.2, 0.25) is 0 Å². The van der Waals surface area contributed by atoms with E-state index in [9.17, 15) is 0 Å². The lowest BCUT2D eigenvalue weighted by Crippen LogP contribution is -2.45. The lowest BCUT2D eigenvalue weighted by Gasteiger charge is -2.39. The summed E-state index contributed by atoms with van der Waals surface area (Å²) in [4.78, 5) is 0. The van der Waals surface area contributed by atoms with Crippen LogP contribution in [0.2, 0.25) is 0 Å². The molecule has 19 heavy (non-hydrogen) atoms. The molecule has 1 aliphatic rings. The smallest absolute Gasteiger partial charge is 0.0175 e. The van der Waals surface area contributed by atoms with E-state index in [0.717, 1.165) is 18.4 Å². The minimum Gasteiger partial charge on any atom is -0.313 e. The van der Waals surface area contributed by atoms with E-state index in [0.29, 0.717) is 11.5 Å². The summed E-state index contributed by atoms with van der Waals surface area (Å²) in [7, 11) is 0. The zero-order valence-electron chi connectivity index (χ0n) is 12.5. The second kappa shape index (κ2) is 5.97. The van der Waals surface area contributed by atoms with Crippen LogP contribution in [0.3, 0.4) is 0 Å². The summed E-state index contributed by atoms with van der Waals surface area (Å²) in [6, 6.07) is 9.52. The van der Waals surface area contributed by atoms with Gasteiger partial charge in [-0.1, -0.05) is 55.8 Å². The molecule has 0 amide bonds. The average molecular weight is 324 g/mol. The Kier molecular flexibility index (Phi) is 4.73. The summed E-state index contributed by atoms with van der Waals surface area (Å²) in [5.74, 6) is 1.48. The molecule has 0 saturated heterocycles. The largest absolute Gasteiger partial charge is 0.313 e. The fourth-order valence-electron chi connectivity index (χ4n) is 2.40. The zero-order chi connectivity index (χ0) is 14.0. The predicted octanol–water partition coefficient (Wildman–Crippen LogP) is 4.97. The zero-order valence-corrected chi connectivity index (χ0v) is 14.1. The minimum atomic E-state index is 0.392. The quantitative estimate of drug-likeness (QED) is 0.806. The highest BCUT2D eigenvalue weighted by molar-refractivity contribution is 9.10. The van der Waals surface area contributed by atoms with Gasteiger partial charge in [-0.15, -0.1) is 0 Å². The average Bonchev–Trinajstić information content (AvgIpc) is 2.29. The van der Waals surface area contributed by atoms with E-state index in [1.807, 2.05) is 0 Å². The second-order valence-electron chi connectivity index (χ2n) is 6.94. The minimum absolute atomic E-state index is 0.392. The van der Waals surface area contributed by atoms with Crippen molar-refractivity contribution >= 4 is 15.9 Å². The van der Waals surface area contributed by atoms with Crippen LogP contribution >= 0.6 is 15.9 Å². The first-order valence-electron chi connectivity index (χ1n) is 7.37. The summed E-state index contributed by atoms with van der Waals surface area (Å²) >= 11 is 3.49. The Labute approximate surface area is 126 Å². The van der Waals surface area contributed by atoms with E-state index in [1.54, 1.807) is 0 Å². The maximum atomic E-state index is 3.74. The van der Waals surface area contributed by atoms with Gasteiger partial charge in [0.15, 0.2) is 0 Å². The highest BCUT2D eigenvalue weighted by Crippen LogP contribution is 2.38. The van der Waals surface area contributed by atoms with Crippen LogP contribution in [0.25, 0.3) is 0 Å². The summed E-state index contributed by atoms with van der Waals surface area (Å²) in [6.45, 7) is 10.5. The van der Waals surface area contributed by atoms with Crippen LogP contribution in [-0.2, 0) is 0 Å². The van der Waals surface area contributed by atoms with Crippen LogP contribution in [0.5, 0.6) is 0 Å². The summed E-state index contributed by atoms with van der Waals surface area (Å²) in [5.41, 5.74) is 1.88. The third-order valence-electron chi connectivity index (χ3n) is 4.89. The van der Waals surface area contributed by atoms with Gasteiger partial charge < -0.3 is 5.32 Å². The Balaban J connectivity index is 1.76. The number of nitrogens with one attached hydrogen (secondary N) is 1. The number of rotatable bonds is 5. The monoisotopic (exact) mass is 323 g/mol. The Hall–Kier alpha value is -0.340. The van der Waals surface area contributed by atoms with E-state index in [4.69, 9.17) is 0 Å². The lowest BCUT2D eigenvalue weighted by atomic mass is 9.74. The molecule has 0 radical (unpaired) electrons. The Morgan fingerprint density at radius 3 is 2.32 bits per heavy atom. The van der Waals surface area contributed by atoms with Gasteiger partial charge >= 0.3 is 0 Å². The normalized spacial score (nSPS) is 23.5. The molecule has 1 aromatic carbocycles. The molecular weight excluding hydrogens is 298 g/mol. The molecule has 1 aromatic rings. The van der Waals surface area contributed by atoms with Crippen molar-refractivity contribution in [2.24, 2.45) is 11.3 Å². The molecule has 0 heterocycles. The van der Waals surface area contributed by atoms with Crippen molar-refractivity contribution in [3.05, 3.63) is 34.3 Å². The SMILES string of the molecule is CC(C)C(C)(C)CNC1CC(c2ccc(Br)cc2)C1. The highest BCUT2D eigenvalue weighted by atomic mass is 79.9. The van der Waals surface area contributed by atoms with Gasteiger partial charge in [-0.3, -0.25) is 0 Å². The highest BCUT2D eigenvalue weighted by Gasteiger charge is 2.31.